The lowest BCUT2D eigenvalue weighted by molar-refractivity contribution is 0.194. The molecule has 0 spiro atoms. The van der Waals surface area contributed by atoms with Crippen LogP contribution in [0.2, 0.25) is 0 Å². The number of benzene rings is 2. The van der Waals surface area contributed by atoms with Crippen molar-refractivity contribution in [2.75, 3.05) is 17.5 Å². The molecular formula is C24H28N6O7S. The molecule has 0 saturated heterocycles. The lowest BCUT2D eigenvalue weighted by atomic mass is 10.2. The van der Waals surface area contributed by atoms with Crippen LogP contribution in [0.5, 0.6) is 17.2 Å². The quantitative estimate of drug-likeness (QED) is 0.192. The van der Waals surface area contributed by atoms with Gasteiger partial charge in [-0.1, -0.05) is 6.07 Å². The van der Waals surface area contributed by atoms with E-state index in [0.717, 1.165) is 4.31 Å². The number of unbranched alkanes of at least 4 members (excludes halogenated alkanes) is 1. The van der Waals surface area contributed by atoms with Crippen LogP contribution in [0.4, 0.5) is 16.3 Å². The summed E-state index contributed by atoms with van der Waals surface area (Å²) < 4.78 is 40.4. The van der Waals surface area contributed by atoms with Crippen LogP contribution in [0, 0.1) is 0 Å². The number of nitrogens with zero attached hydrogens (tertiary/aromatic N) is 5. The zero-order valence-electron chi connectivity index (χ0n) is 21.0. The highest BCUT2D eigenvalue weighted by atomic mass is 32.2. The summed E-state index contributed by atoms with van der Waals surface area (Å²) >= 11 is -2.49. The molecule has 0 fully saturated rings. The Morgan fingerprint density at radius 1 is 1.11 bits per heavy atom. The van der Waals surface area contributed by atoms with Gasteiger partial charge in [-0.15, -0.1) is 0 Å². The first-order chi connectivity index (χ1) is 18.2. The van der Waals surface area contributed by atoms with E-state index in [9.17, 15) is 18.4 Å². The fourth-order valence-corrected chi connectivity index (χ4v) is 4.60. The lowest BCUT2D eigenvalue weighted by Crippen LogP contribution is -2.22. The van der Waals surface area contributed by atoms with E-state index in [0.29, 0.717) is 54.3 Å². The number of rotatable bonds is 11. The van der Waals surface area contributed by atoms with E-state index in [4.69, 9.17) is 14.6 Å². The highest BCUT2D eigenvalue weighted by molar-refractivity contribution is 7.81. The summed E-state index contributed by atoms with van der Waals surface area (Å²) in [5.74, 6) is 1.52. The zero-order chi connectivity index (χ0) is 27.4. The molecule has 0 bridgehead atoms. The third-order valence-electron chi connectivity index (χ3n) is 5.88. The summed E-state index contributed by atoms with van der Waals surface area (Å²) in [6.45, 7) is 0.723. The number of ether oxygens (including phenoxy) is 2. The number of anilines is 2. The smallest absolute Gasteiger partial charge is 0.404 e. The van der Waals surface area contributed by atoms with E-state index in [-0.39, 0.29) is 17.1 Å². The van der Waals surface area contributed by atoms with Crippen LogP contribution >= 0.6 is 0 Å². The largest absolute Gasteiger partial charge is 0.493 e. The van der Waals surface area contributed by atoms with E-state index < -0.39 is 17.4 Å². The number of imidazole rings is 2. The minimum Gasteiger partial charge on any atom is -0.493 e. The first-order valence-corrected chi connectivity index (χ1v) is 12.7. The van der Waals surface area contributed by atoms with Gasteiger partial charge in [-0.3, -0.25) is 13.7 Å². The molecule has 2 aromatic carbocycles. The summed E-state index contributed by atoms with van der Waals surface area (Å²) in [7, 11) is 4.95. The number of aryl methyl sites for hydroxylation is 3. The van der Waals surface area contributed by atoms with Crippen molar-refractivity contribution in [3.8, 4) is 17.2 Å². The zero-order valence-corrected chi connectivity index (χ0v) is 21.8. The Kier molecular flexibility index (Phi) is 8.02. The van der Waals surface area contributed by atoms with E-state index in [2.05, 4.69) is 10.3 Å². The van der Waals surface area contributed by atoms with Gasteiger partial charge in [-0.2, -0.15) is 0 Å². The number of hydrogen-bond acceptors (Lipinski definition) is 6. The predicted molar refractivity (Wildman–Crippen MR) is 142 cm³/mol. The third-order valence-corrected chi connectivity index (χ3v) is 6.57. The predicted octanol–water partition coefficient (Wildman–Crippen LogP) is 3.10. The van der Waals surface area contributed by atoms with Gasteiger partial charge >= 0.3 is 11.8 Å². The average Bonchev–Trinajstić information content (AvgIpc) is 3.38. The fraction of sp³-hybridized carbons (Fsp3) is 0.292. The van der Waals surface area contributed by atoms with Crippen molar-refractivity contribution in [2.45, 2.75) is 12.8 Å². The van der Waals surface area contributed by atoms with Gasteiger partial charge in [0.05, 0.1) is 30.2 Å². The summed E-state index contributed by atoms with van der Waals surface area (Å²) in [4.78, 5) is 27.2. The van der Waals surface area contributed by atoms with Gasteiger partial charge in [0.25, 0.3) is 11.3 Å². The minimum atomic E-state index is -2.49. The Bertz CT molecular complexity index is 1540. The monoisotopic (exact) mass is 544 g/mol. The lowest BCUT2D eigenvalue weighted by Gasteiger charge is -2.23. The van der Waals surface area contributed by atoms with Crippen LogP contribution in [0.3, 0.4) is 0 Å². The van der Waals surface area contributed by atoms with Crippen molar-refractivity contribution >= 4 is 39.9 Å². The third kappa shape index (κ3) is 5.65. The molecule has 13 nitrogen and oxygen atoms in total. The number of fused-ring (bicyclic) bond motifs is 1. The number of carboxylic acid groups (broad SMARTS) is 1. The van der Waals surface area contributed by atoms with Crippen LogP contribution in [-0.4, -0.2) is 51.8 Å². The molecule has 38 heavy (non-hydrogen) atoms. The average molecular weight is 545 g/mol. The molecule has 2 aromatic heterocycles. The number of aromatic nitrogens is 4. The molecule has 3 N–H and O–H groups in total. The molecule has 0 aliphatic rings. The molecule has 0 saturated carbocycles. The normalized spacial score (nSPS) is 11.9. The summed E-state index contributed by atoms with van der Waals surface area (Å²) in [6.07, 6.45) is 3.17. The van der Waals surface area contributed by atoms with Crippen LogP contribution < -0.4 is 24.8 Å². The van der Waals surface area contributed by atoms with Crippen LogP contribution in [0.15, 0.2) is 53.7 Å². The van der Waals surface area contributed by atoms with Crippen LogP contribution in [0.25, 0.3) is 11.0 Å². The molecule has 4 rings (SSSR count). The number of amides is 1. The van der Waals surface area contributed by atoms with E-state index in [1.807, 2.05) is 0 Å². The Morgan fingerprint density at radius 2 is 1.82 bits per heavy atom. The van der Waals surface area contributed by atoms with Gasteiger partial charge in [0.1, 0.15) is 23.0 Å². The van der Waals surface area contributed by atoms with Crippen molar-refractivity contribution < 1.29 is 28.1 Å². The topological polar surface area (TPSA) is 153 Å². The molecule has 0 aliphatic heterocycles. The number of hydrogen-bond donors (Lipinski definition) is 3. The molecule has 1 unspecified atom stereocenters. The van der Waals surface area contributed by atoms with Crippen molar-refractivity contribution in [3.05, 3.63) is 59.4 Å². The number of carbonyl (C=O) groups is 1. The molecule has 0 radical (unpaired) electrons. The Morgan fingerprint density at radius 3 is 2.47 bits per heavy atom. The van der Waals surface area contributed by atoms with Crippen molar-refractivity contribution in [1.82, 2.24) is 24.0 Å². The fourth-order valence-electron chi connectivity index (χ4n) is 3.96. The van der Waals surface area contributed by atoms with Crippen molar-refractivity contribution in [3.63, 3.8) is 0 Å². The highest BCUT2D eigenvalue weighted by Crippen LogP contribution is 2.40. The standard InChI is InChI=1S/C24H28N6O7S/c1-27-15-25-14-22(27)30(38(34)35)20-12-18-19(29(3)24(33)28(18)2)13-21(20)37-17-8-6-7-16(11-17)36-10-5-4-9-26-23(31)32/h6-8,11-15,26H,4-5,9-10H2,1-3H3,(H,31,32)(H,34,35). The second kappa shape index (κ2) is 11.4. The molecule has 1 amide bonds. The van der Waals surface area contributed by atoms with Gasteiger partial charge in [-0.25, -0.2) is 23.1 Å². The summed E-state index contributed by atoms with van der Waals surface area (Å²) in [5, 5.41) is 10.9. The molecule has 2 heterocycles. The maximum atomic E-state index is 12.6. The van der Waals surface area contributed by atoms with Gasteiger partial charge in [0.15, 0.2) is 5.75 Å². The Hall–Kier alpha value is -4.30. The SMILES string of the molecule is Cn1cncc1N(c1cc2c(cc1Oc1cccc(OCCCCNC(=O)O)c1)n(C)c(=O)n2C)S(=O)O. The van der Waals surface area contributed by atoms with Crippen molar-refractivity contribution in [2.24, 2.45) is 21.1 Å². The van der Waals surface area contributed by atoms with E-state index >= 15 is 0 Å². The van der Waals surface area contributed by atoms with Crippen LogP contribution in [-0.2, 0) is 32.4 Å². The van der Waals surface area contributed by atoms with Gasteiger partial charge in [-0.05, 0) is 31.0 Å². The molecule has 14 heteroatoms. The first kappa shape index (κ1) is 26.8. The highest BCUT2D eigenvalue weighted by Gasteiger charge is 2.25. The van der Waals surface area contributed by atoms with E-state index in [1.54, 1.807) is 62.1 Å². The Balaban J connectivity index is 1.67. The van der Waals surface area contributed by atoms with Crippen LogP contribution in [0.1, 0.15) is 12.8 Å². The number of nitrogens with one attached hydrogen (secondary N) is 1. The molecule has 4 aromatic rings. The van der Waals surface area contributed by atoms with Gasteiger partial charge in [0, 0.05) is 39.8 Å². The second-order valence-corrected chi connectivity index (χ2v) is 9.29. The molecule has 1 atom stereocenters. The van der Waals surface area contributed by atoms with E-state index in [1.165, 1.54) is 21.7 Å². The minimum absolute atomic E-state index is 0.235. The molecular weight excluding hydrogens is 516 g/mol. The van der Waals surface area contributed by atoms with Gasteiger partial charge in [0.2, 0.25) is 0 Å². The maximum Gasteiger partial charge on any atom is 0.404 e. The summed E-state index contributed by atoms with van der Waals surface area (Å²) in [6, 6.07) is 10.2. The molecule has 0 aliphatic carbocycles. The van der Waals surface area contributed by atoms with Crippen molar-refractivity contribution in [1.29, 1.82) is 0 Å². The van der Waals surface area contributed by atoms with Gasteiger partial charge < -0.3 is 24.5 Å². The Labute approximate surface area is 220 Å². The first-order valence-electron chi connectivity index (χ1n) is 11.6. The maximum absolute atomic E-state index is 12.6. The molecule has 202 valence electrons. The summed E-state index contributed by atoms with van der Waals surface area (Å²) in [5.41, 5.74) is 1.12. The second-order valence-electron chi connectivity index (χ2n) is 8.46.